The van der Waals surface area contributed by atoms with E-state index in [1.165, 1.54) is 38.5 Å². The highest BCUT2D eigenvalue weighted by Crippen LogP contribution is 2.54. The zero-order chi connectivity index (χ0) is 54.1. The molecule has 1 atom stereocenters. The summed E-state index contributed by atoms with van der Waals surface area (Å²) >= 11 is 0. The number of fused-ring (bicyclic) bond motifs is 6. The minimum Gasteiger partial charge on any atom is -0.748 e. The number of benzene rings is 4. The highest BCUT2D eigenvalue weighted by Gasteiger charge is 2.47. The number of unbranched alkanes of at least 4 members (excludes halogenated alkanes) is 2. The smallest absolute Gasteiger partial charge is 0.303 e. The van der Waals surface area contributed by atoms with E-state index in [9.17, 15) is 70.2 Å². The Kier molecular flexibility index (Phi) is 17.0. The zero-order valence-electron chi connectivity index (χ0n) is 40.3. The van der Waals surface area contributed by atoms with E-state index >= 15 is 0 Å². The minimum atomic E-state index is -5.38. The van der Waals surface area contributed by atoms with E-state index < -0.39 is 92.6 Å². The van der Waals surface area contributed by atoms with Crippen molar-refractivity contribution in [3.8, 4) is 0 Å². The number of allylic oxidation sites excluding steroid dienone is 6. The first-order valence-electron chi connectivity index (χ1n) is 22.6. The Balaban J connectivity index is 1.52. The van der Waals surface area contributed by atoms with Crippen LogP contribution in [-0.2, 0) is 75.6 Å². The molecule has 398 valence electrons. The van der Waals surface area contributed by atoms with Gasteiger partial charge in [-0.3, -0.25) is 4.79 Å². The molecule has 0 aromatic heterocycles. The number of anilines is 1. The molecule has 0 aliphatic carbocycles. The number of carboxylic acid groups (broad SMARTS) is 1. The number of nitrogens with one attached hydrogen (secondary N) is 1. The third-order valence-corrected chi connectivity index (χ3v) is 17.8. The third-order valence-electron chi connectivity index (χ3n) is 13.0. The van der Waals surface area contributed by atoms with Crippen molar-refractivity contribution in [3.63, 3.8) is 0 Å². The lowest BCUT2D eigenvalue weighted by Gasteiger charge is -2.31. The molecular weight excluding hydrogens is 1050 g/mol. The van der Waals surface area contributed by atoms with Gasteiger partial charge in [0, 0.05) is 85.8 Å². The molecule has 0 spiro atoms. The van der Waals surface area contributed by atoms with Crippen LogP contribution < -0.4 is 9.62 Å². The highest BCUT2D eigenvalue weighted by molar-refractivity contribution is 7.89. The lowest BCUT2D eigenvalue weighted by atomic mass is 9.75. The summed E-state index contributed by atoms with van der Waals surface area (Å²) < 4.78 is 191. The summed E-state index contributed by atoms with van der Waals surface area (Å²) in [4.78, 5) is 9.89. The molecule has 0 saturated heterocycles. The summed E-state index contributed by atoms with van der Waals surface area (Å²) in [7, 11) is -22.3. The molecule has 0 fully saturated rings. The van der Waals surface area contributed by atoms with Gasteiger partial charge in [0.15, 0.2) is 5.71 Å². The monoisotopic (exact) mass is 1110 g/mol. The number of ether oxygens (including phenoxy) is 2. The number of aliphatic carboxylic acids is 1. The summed E-state index contributed by atoms with van der Waals surface area (Å²) in [5.74, 6) is -1.76. The first-order chi connectivity index (χ1) is 33.9. The molecule has 73 heavy (non-hydrogen) atoms. The molecule has 0 bridgehead atoms. The van der Waals surface area contributed by atoms with Gasteiger partial charge in [-0.1, -0.05) is 24.3 Å². The van der Waals surface area contributed by atoms with Crippen LogP contribution in [0.5, 0.6) is 0 Å². The fourth-order valence-corrected chi connectivity index (χ4v) is 13.5. The Morgan fingerprint density at radius 1 is 0.712 bits per heavy atom. The first kappa shape index (κ1) is 57.3. The number of rotatable bonds is 24. The number of methoxy groups -OCH3 is 2. The molecule has 2 aliphatic heterocycles. The van der Waals surface area contributed by atoms with E-state index in [2.05, 4.69) is 4.72 Å². The first-order valence-corrected chi connectivity index (χ1v) is 29.9. The van der Waals surface area contributed by atoms with Crippen molar-refractivity contribution in [3.05, 3.63) is 95.7 Å². The molecule has 0 radical (unpaired) electrons. The second-order valence-corrected chi connectivity index (χ2v) is 25.6. The van der Waals surface area contributed by atoms with Crippen LogP contribution in [0.3, 0.4) is 0 Å². The van der Waals surface area contributed by atoms with Crippen LogP contribution in [0.4, 0.5) is 11.4 Å². The fraction of sp³-hybridized carbons (Fsp3) is 0.404. The Morgan fingerprint density at radius 2 is 1.32 bits per heavy atom. The molecule has 4 aromatic rings. The van der Waals surface area contributed by atoms with E-state index in [1.807, 2.05) is 18.4 Å². The Labute approximate surface area is 424 Å². The maximum Gasteiger partial charge on any atom is 0.303 e. The van der Waals surface area contributed by atoms with Gasteiger partial charge in [0.05, 0.1) is 48.3 Å². The number of hydrogen-bond donors (Lipinski definition) is 2. The molecule has 2 N–H and O–H groups in total. The van der Waals surface area contributed by atoms with Gasteiger partial charge in [-0.2, -0.15) is 4.58 Å². The Bertz CT molecular complexity index is 3570. The summed E-state index contributed by atoms with van der Waals surface area (Å²) in [5, 5.41) is 9.13. The van der Waals surface area contributed by atoms with Crippen LogP contribution in [0.2, 0.25) is 0 Å². The number of carboxylic acids is 1. The number of hydrogen-bond acceptors (Lipinski definition) is 18. The van der Waals surface area contributed by atoms with Crippen LogP contribution in [0, 0.1) is 0 Å². The van der Waals surface area contributed by atoms with Gasteiger partial charge in [0.25, 0.3) is 0 Å². The van der Waals surface area contributed by atoms with Crippen molar-refractivity contribution in [2.75, 3.05) is 57.7 Å². The second kappa shape index (κ2) is 21.7. The van der Waals surface area contributed by atoms with Crippen LogP contribution in [0.15, 0.2) is 104 Å². The topological polar surface area (TPSA) is 337 Å². The zero-order valence-corrected chi connectivity index (χ0v) is 44.4. The molecule has 6 rings (SSSR count). The largest absolute Gasteiger partial charge is 0.748 e. The summed E-state index contributed by atoms with van der Waals surface area (Å²) in [6.07, 6.45) is 9.41. The predicted octanol–water partition coefficient (Wildman–Crippen LogP) is 4.40. The van der Waals surface area contributed by atoms with E-state index in [0.29, 0.717) is 60.2 Å². The van der Waals surface area contributed by atoms with Crippen molar-refractivity contribution < 1.29 is 84.3 Å². The maximum absolute atomic E-state index is 13.5. The van der Waals surface area contributed by atoms with E-state index in [0.717, 1.165) is 12.1 Å². The lowest BCUT2D eigenvalue weighted by molar-refractivity contribution is -0.438. The van der Waals surface area contributed by atoms with E-state index in [1.54, 1.807) is 48.3 Å². The molecule has 2 heterocycles. The van der Waals surface area contributed by atoms with Gasteiger partial charge in [-0.15, -0.1) is 0 Å². The van der Waals surface area contributed by atoms with E-state index in [4.69, 9.17) is 9.47 Å². The summed E-state index contributed by atoms with van der Waals surface area (Å²) in [6.45, 7) is 5.75. The quantitative estimate of drug-likeness (QED) is 0.0425. The van der Waals surface area contributed by atoms with Gasteiger partial charge in [0.1, 0.15) is 36.9 Å². The minimum absolute atomic E-state index is 0.00183. The predicted molar refractivity (Wildman–Crippen MR) is 265 cm³/mol. The van der Waals surface area contributed by atoms with Crippen molar-refractivity contribution >= 4 is 95.1 Å². The van der Waals surface area contributed by atoms with Crippen LogP contribution in [0.1, 0.15) is 70.4 Å². The molecule has 1 unspecified atom stereocenters. The average molecular weight is 1110 g/mol. The molecular formula is C47H54N3O18S5-3. The van der Waals surface area contributed by atoms with Gasteiger partial charge >= 0.3 is 5.97 Å². The third kappa shape index (κ3) is 12.4. The molecule has 21 nitrogen and oxygen atoms in total. The standard InChI is InChI=1S/C47H57N3O18S5/c1-46(2)41(49(22-11-7-10-15-43(51)52)37-18-16-33-35(44(37)46)27-31(29-39(33)72(61,62)63)70(56,57)48-21-24-67-4)13-8-6-9-14-42-47(3,20-12-26-69(53,54)55)45-36-28-32(71(58,59)60)30-40(73(64,65)66)34(36)17-19-38(45)50(42)23-25-68-5/h6,8-9,13-14,16-19,27-30,48H,7,10-12,15,20-26H2,1-5H3,(H4-,51,52,53,54,55,58,59,60,61,62,63,64,65,66)/p-3. The summed E-state index contributed by atoms with van der Waals surface area (Å²) in [6, 6.07) is 9.45. The summed E-state index contributed by atoms with van der Waals surface area (Å²) in [5.41, 5.74) is 0.418. The number of carbonyl (C=O) groups is 1. The van der Waals surface area contributed by atoms with Crippen LogP contribution >= 0.6 is 0 Å². The Hall–Kier alpha value is -4.97. The molecule has 26 heteroatoms. The van der Waals surface area contributed by atoms with Gasteiger partial charge < -0.3 is 37.7 Å². The van der Waals surface area contributed by atoms with E-state index in [-0.39, 0.29) is 72.7 Å². The van der Waals surface area contributed by atoms with Crippen LogP contribution in [-0.4, -0.2) is 134 Å². The molecule has 0 saturated carbocycles. The fourth-order valence-electron chi connectivity index (χ4n) is 9.81. The van der Waals surface area contributed by atoms with Crippen molar-refractivity contribution in [2.45, 2.75) is 89.7 Å². The molecule has 2 aliphatic rings. The SMILES string of the molecule is COCCNS(=O)(=O)c1cc(S(=O)(=O)[O-])c2ccc3c(c2c1)C(C)(C)C(/C=C/C=C/C=C1/N(CCOC)c2ccc4c(S(=O)(=O)[O-])cc(S(=O)(=O)[O-])cc4c2C1(C)CCCS(=O)(=O)[O-])=[N+]3CCCCCC(=O)O. The normalized spacial score (nSPS) is 18.0. The van der Waals surface area contributed by atoms with Crippen molar-refractivity contribution in [1.29, 1.82) is 0 Å². The number of sulfonamides is 1. The second-order valence-electron chi connectivity index (χ2n) is 18.2. The Morgan fingerprint density at radius 3 is 1.90 bits per heavy atom. The van der Waals surface area contributed by atoms with Gasteiger partial charge in [0.2, 0.25) is 15.7 Å². The average Bonchev–Trinajstić information content (AvgIpc) is 3.64. The number of nitrogens with zero attached hydrogens (tertiary/aromatic N) is 2. The lowest BCUT2D eigenvalue weighted by Crippen LogP contribution is -2.31. The maximum atomic E-state index is 13.5. The van der Waals surface area contributed by atoms with Gasteiger partial charge in [-0.05, 0) is 111 Å². The van der Waals surface area contributed by atoms with Crippen molar-refractivity contribution in [2.24, 2.45) is 0 Å². The molecule has 0 amide bonds. The van der Waals surface area contributed by atoms with Crippen LogP contribution in [0.25, 0.3) is 21.5 Å². The highest BCUT2D eigenvalue weighted by atomic mass is 32.2. The van der Waals surface area contributed by atoms with Gasteiger partial charge in [-0.25, -0.2) is 46.8 Å². The molecule has 4 aromatic carbocycles. The van der Waals surface area contributed by atoms with Crippen molar-refractivity contribution in [1.82, 2.24) is 4.72 Å².